The Bertz CT molecular complexity index is 659. The minimum Gasteiger partial charge on any atom is -0.383 e. The zero-order chi connectivity index (χ0) is 17.3. The Morgan fingerprint density at radius 1 is 1.33 bits per heavy atom. The zero-order valence-electron chi connectivity index (χ0n) is 15.0. The van der Waals surface area contributed by atoms with Crippen LogP contribution < -0.4 is 15.5 Å². The van der Waals surface area contributed by atoms with Crippen molar-refractivity contribution < 1.29 is 9.53 Å². The van der Waals surface area contributed by atoms with Crippen molar-refractivity contribution in [1.82, 2.24) is 5.32 Å². The van der Waals surface area contributed by atoms with E-state index in [0.717, 1.165) is 41.2 Å². The van der Waals surface area contributed by atoms with Gasteiger partial charge in [-0.25, -0.2) is 0 Å². The topological polar surface area (TPSA) is 53.6 Å². The third-order valence-electron chi connectivity index (χ3n) is 4.63. The second-order valence-corrected chi connectivity index (χ2v) is 6.79. The predicted octanol–water partition coefficient (Wildman–Crippen LogP) is 2.98. The van der Waals surface area contributed by atoms with Gasteiger partial charge < -0.3 is 20.3 Å². The fourth-order valence-electron chi connectivity index (χ4n) is 3.23. The Kier molecular flexibility index (Phi) is 4.81. The summed E-state index contributed by atoms with van der Waals surface area (Å²) in [4.78, 5) is 14.9. The average molecular weight is 329 g/mol. The maximum Gasteiger partial charge on any atom is 0.261 e. The summed E-state index contributed by atoms with van der Waals surface area (Å²) in [5.41, 5.74) is 4.69. The van der Waals surface area contributed by atoms with Crippen LogP contribution in [-0.4, -0.2) is 37.7 Å². The number of ether oxygens (including phenoxy) is 1. The number of hydrogen-bond acceptors (Lipinski definition) is 4. The molecule has 3 rings (SSSR count). The van der Waals surface area contributed by atoms with Gasteiger partial charge in [-0.05, 0) is 45.4 Å². The minimum atomic E-state index is 0.0636. The van der Waals surface area contributed by atoms with Gasteiger partial charge in [-0.1, -0.05) is 6.92 Å². The summed E-state index contributed by atoms with van der Waals surface area (Å²) in [5, 5.41) is 6.85. The Morgan fingerprint density at radius 3 is 2.75 bits per heavy atom. The highest BCUT2D eigenvalue weighted by molar-refractivity contribution is 6.33. The molecule has 0 saturated carbocycles. The smallest absolute Gasteiger partial charge is 0.261 e. The first-order valence-electron chi connectivity index (χ1n) is 8.82. The van der Waals surface area contributed by atoms with E-state index in [1.165, 1.54) is 0 Å². The van der Waals surface area contributed by atoms with Crippen LogP contribution in [0.4, 0.5) is 11.4 Å². The standard InChI is InChI=1S/C19H27N3O2/c1-5-13(4)21-14-6-7-17-15(10-14)18(16-11-24-9-8-20-16)19(23)22(17)12(2)3/h6-7,10,12-13,20-21H,5,8-9,11H2,1-4H3/b18-16-. The van der Waals surface area contributed by atoms with Crippen LogP contribution >= 0.6 is 0 Å². The molecule has 1 amide bonds. The summed E-state index contributed by atoms with van der Waals surface area (Å²) < 4.78 is 5.56. The third-order valence-corrected chi connectivity index (χ3v) is 4.63. The molecule has 0 radical (unpaired) electrons. The number of anilines is 2. The molecule has 1 fully saturated rings. The van der Waals surface area contributed by atoms with Gasteiger partial charge in [0.2, 0.25) is 0 Å². The van der Waals surface area contributed by atoms with Crippen molar-refractivity contribution in [2.45, 2.75) is 46.2 Å². The van der Waals surface area contributed by atoms with Crippen LogP contribution in [0, 0.1) is 0 Å². The van der Waals surface area contributed by atoms with E-state index in [-0.39, 0.29) is 11.9 Å². The third kappa shape index (κ3) is 3.00. The van der Waals surface area contributed by atoms with Crippen LogP contribution in [0.3, 0.4) is 0 Å². The number of rotatable bonds is 4. The van der Waals surface area contributed by atoms with Gasteiger partial charge in [-0.15, -0.1) is 0 Å². The summed E-state index contributed by atoms with van der Waals surface area (Å²) in [7, 11) is 0. The van der Waals surface area contributed by atoms with Crippen molar-refractivity contribution in [3.05, 3.63) is 29.5 Å². The maximum absolute atomic E-state index is 13.0. The molecule has 1 atom stereocenters. The average Bonchev–Trinajstić information content (AvgIpc) is 2.86. The van der Waals surface area contributed by atoms with E-state index >= 15 is 0 Å². The highest BCUT2D eigenvalue weighted by atomic mass is 16.5. The molecule has 2 N–H and O–H groups in total. The number of amides is 1. The molecular formula is C19H27N3O2. The molecule has 0 bridgehead atoms. The van der Waals surface area contributed by atoms with Crippen molar-refractivity contribution in [2.75, 3.05) is 30.0 Å². The molecule has 1 aromatic rings. The summed E-state index contributed by atoms with van der Waals surface area (Å²) in [5.74, 6) is 0.0636. The predicted molar refractivity (Wildman–Crippen MR) is 98.2 cm³/mol. The SMILES string of the molecule is CCC(C)Nc1ccc2c(c1)/C(=C1\COCCN1)C(=O)N2C(C)C. The lowest BCUT2D eigenvalue weighted by Crippen LogP contribution is -2.35. The van der Waals surface area contributed by atoms with Crippen LogP contribution in [0.1, 0.15) is 39.7 Å². The summed E-state index contributed by atoms with van der Waals surface area (Å²) >= 11 is 0. The van der Waals surface area contributed by atoms with Crippen molar-refractivity contribution in [3.63, 3.8) is 0 Å². The van der Waals surface area contributed by atoms with E-state index in [9.17, 15) is 4.79 Å². The van der Waals surface area contributed by atoms with E-state index in [1.807, 2.05) is 18.7 Å². The quantitative estimate of drug-likeness (QED) is 0.834. The van der Waals surface area contributed by atoms with Gasteiger partial charge in [0.25, 0.3) is 5.91 Å². The number of fused-ring (bicyclic) bond motifs is 1. The molecule has 1 aromatic carbocycles. The molecule has 1 saturated heterocycles. The van der Waals surface area contributed by atoms with Gasteiger partial charge in [0.1, 0.15) is 0 Å². The molecule has 130 valence electrons. The molecule has 2 aliphatic heterocycles. The normalized spacial score (nSPS) is 21.7. The molecular weight excluding hydrogens is 302 g/mol. The number of morpholine rings is 1. The van der Waals surface area contributed by atoms with E-state index in [2.05, 4.69) is 42.7 Å². The number of nitrogens with zero attached hydrogens (tertiary/aromatic N) is 1. The highest BCUT2D eigenvalue weighted by Gasteiger charge is 2.36. The van der Waals surface area contributed by atoms with E-state index in [4.69, 9.17) is 4.74 Å². The largest absolute Gasteiger partial charge is 0.383 e. The Morgan fingerprint density at radius 2 is 2.12 bits per heavy atom. The number of benzene rings is 1. The first-order chi connectivity index (χ1) is 11.5. The summed E-state index contributed by atoms with van der Waals surface area (Å²) in [6.45, 7) is 10.3. The second-order valence-electron chi connectivity index (χ2n) is 6.79. The molecule has 0 aliphatic carbocycles. The van der Waals surface area contributed by atoms with Crippen LogP contribution in [0.5, 0.6) is 0 Å². The van der Waals surface area contributed by atoms with Gasteiger partial charge in [0.15, 0.2) is 0 Å². The first kappa shape index (κ1) is 16.8. The van der Waals surface area contributed by atoms with Gasteiger partial charge in [0.05, 0.1) is 30.2 Å². The number of nitrogens with one attached hydrogen (secondary N) is 2. The lowest BCUT2D eigenvalue weighted by atomic mass is 10.0. The van der Waals surface area contributed by atoms with Crippen LogP contribution in [0.25, 0.3) is 5.57 Å². The second kappa shape index (κ2) is 6.85. The fourth-order valence-corrected chi connectivity index (χ4v) is 3.23. The molecule has 5 heteroatoms. The molecule has 0 aromatic heterocycles. The Hall–Kier alpha value is -2.01. The van der Waals surface area contributed by atoms with Crippen molar-refractivity contribution in [2.24, 2.45) is 0 Å². The lowest BCUT2D eigenvalue weighted by Gasteiger charge is -2.22. The molecule has 2 heterocycles. The Labute approximate surface area is 144 Å². The van der Waals surface area contributed by atoms with Gasteiger partial charge in [-0.3, -0.25) is 4.79 Å². The van der Waals surface area contributed by atoms with Crippen LogP contribution in [0.15, 0.2) is 23.9 Å². The highest BCUT2D eigenvalue weighted by Crippen LogP contribution is 2.41. The monoisotopic (exact) mass is 329 g/mol. The summed E-state index contributed by atoms with van der Waals surface area (Å²) in [6, 6.07) is 6.72. The van der Waals surface area contributed by atoms with Gasteiger partial charge in [0, 0.05) is 29.9 Å². The zero-order valence-corrected chi connectivity index (χ0v) is 15.0. The minimum absolute atomic E-state index is 0.0636. The van der Waals surface area contributed by atoms with E-state index in [0.29, 0.717) is 19.3 Å². The molecule has 0 spiro atoms. The maximum atomic E-state index is 13.0. The fraction of sp³-hybridized carbons (Fsp3) is 0.526. The van der Waals surface area contributed by atoms with Crippen molar-refractivity contribution in [3.8, 4) is 0 Å². The van der Waals surface area contributed by atoms with Crippen LogP contribution in [0.2, 0.25) is 0 Å². The Balaban J connectivity index is 2.07. The molecule has 2 aliphatic rings. The molecule has 1 unspecified atom stereocenters. The number of carbonyl (C=O) groups is 1. The number of carbonyl (C=O) groups excluding carboxylic acids is 1. The van der Waals surface area contributed by atoms with Gasteiger partial charge in [-0.2, -0.15) is 0 Å². The van der Waals surface area contributed by atoms with Gasteiger partial charge >= 0.3 is 0 Å². The van der Waals surface area contributed by atoms with E-state index < -0.39 is 0 Å². The van der Waals surface area contributed by atoms with Crippen molar-refractivity contribution >= 4 is 22.9 Å². The van der Waals surface area contributed by atoms with E-state index in [1.54, 1.807) is 0 Å². The van der Waals surface area contributed by atoms with Crippen molar-refractivity contribution in [1.29, 1.82) is 0 Å². The number of hydrogen-bond donors (Lipinski definition) is 2. The molecule has 24 heavy (non-hydrogen) atoms. The lowest BCUT2D eigenvalue weighted by molar-refractivity contribution is -0.113. The summed E-state index contributed by atoms with van der Waals surface area (Å²) in [6.07, 6.45) is 1.05. The first-order valence-corrected chi connectivity index (χ1v) is 8.82. The van der Waals surface area contributed by atoms with Crippen LogP contribution in [-0.2, 0) is 9.53 Å². The molecule has 5 nitrogen and oxygen atoms in total.